The second-order valence-electron chi connectivity index (χ2n) is 4.61. The van der Waals surface area contributed by atoms with Crippen LogP contribution < -0.4 is 5.73 Å². The van der Waals surface area contributed by atoms with Crippen LogP contribution in [0.4, 0.5) is 0 Å². The van der Waals surface area contributed by atoms with Crippen molar-refractivity contribution in [3.63, 3.8) is 0 Å². The minimum absolute atomic E-state index is 0.0516. The maximum absolute atomic E-state index is 11.9. The van der Waals surface area contributed by atoms with E-state index in [0.29, 0.717) is 4.88 Å². The summed E-state index contributed by atoms with van der Waals surface area (Å²) >= 11 is 1.26. The molecule has 0 aliphatic rings. The average molecular weight is 317 g/mol. The molecule has 1 unspecified atom stereocenters. The van der Waals surface area contributed by atoms with Crippen LogP contribution in [0.25, 0.3) is 0 Å². The predicted molar refractivity (Wildman–Crippen MR) is 82.7 cm³/mol. The number of ketones is 2. The van der Waals surface area contributed by atoms with E-state index in [1.807, 2.05) is 6.07 Å². The normalized spacial score (nSPS) is 11.7. The number of benzene rings is 1. The minimum atomic E-state index is -1.38. The number of hydrogen-bond donors (Lipinski definition) is 1. The number of ether oxygens (including phenoxy) is 1. The van der Waals surface area contributed by atoms with E-state index < -0.39 is 24.4 Å². The molecule has 0 fully saturated rings. The Morgan fingerprint density at radius 1 is 1.09 bits per heavy atom. The molecule has 0 aliphatic heterocycles. The van der Waals surface area contributed by atoms with Crippen LogP contribution >= 0.6 is 11.3 Å². The highest BCUT2D eigenvalue weighted by molar-refractivity contribution is 7.12. The van der Waals surface area contributed by atoms with Crippen molar-refractivity contribution in [2.75, 3.05) is 6.61 Å². The number of nitrogens with two attached hydrogens (primary N) is 1. The van der Waals surface area contributed by atoms with Crippen molar-refractivity contribution < 1.29 is 19.1 Å². The van der Waals surface area contributed by atoms with Gasteiger partial charge in [-0.15, -0.1) is 11.3 Å². The van der Waals surface area contributed by atoms with E-state index >= 15 is 0 Å². The lowest BCUT2D eigenvalue weighted by molar-refractivity contribution is -0.146. The second-order valence-corrected chi connectivity index (χ2v) is 5.56. The Morgan fingerprint density at radius 2 is 1.82 bits per heavy atom. The molecular formula is C16H15NO4S. The first-order valence-corrected chi connectivity index (χ1v) is 7.51. The Labute approximate surface area is 131 Å². The number of rotatable bonds is 7. The molecule has 1 atom stereocenters. The zero-order valence-electron chi connectivity index (χ0n) is 11.7. The first-order chi connectivity index (χ1) is 10.6. The van der Waals surface area contributed by atoms with Gasteiger partial charge < -0.3 is 10.5 Å². The molecular weight excluding hydrogens is 302 g/mol. The van der Waals surface area contributed by atoms with Crippen molar-refractivity contribution in [3.05, 3.63) is 58.3 Å². The summed E-state index contributed by atoms with van der Waals surface area (Å²) < 4.78 is 4.82. The van der Waals surface area contributed by atoms with Crippen LogP contribution in [0.2, 0.25) is 0 Å². The Hall–Kier alpha value is -2.31. The zero-order valence-corrected chi connectivity index (χ0v) is 12.5. The number of thiophene rings is 1. The Bertz CT molecular complexity index is 652. The fraction of sp³-hybridized carbons (Fsp3) is 0.188. The van der Waals surface area contributed by atoms with Gasteiger partial charge in [0, 0.05) is 6.42 Å². The van der Waals surface area contributed by atoms with Crippen molar-refractivity contribution in [3.8, 4) is 0 Å². The van der Waals surface area contributed by atoms with Gasteiger partial charge in [-0.05, 0) is 17.0 Å². The molecule has 1 aromatic heterocycles. The fourth-order valence-corrected chi connectivity index (χ4v) is 2.42. The SMILES string of the molecule is NC(C(=O)Cc1ccccc1)C(=O)OCC(=O)c1cccs1. The first kappa shape index (κ1) is 16.1. The molecule has 0 spiro atoms. The third kappa shape index (κ3) is 4.34. The number of esters is 1. The lowest BCUT2D eigenvalue weighted by atomic mass is 10.0. The molecule has 5 nitrogen and oxygen atoms in total. The third-order valence-corrected chi connectivity index (χ3v) is 3.87. The van der Waals surface area contributed by atoms with Crippen molar-refractivity contribution in [1.82, 2.24) is 0 Å². The fourth-order valence-electron chi connectivity index (χ4n) is 1.77. The van der Waals surface area contributed by atoms with Gasteiger partial charge in [0.1, 0.15) is 0 Å². The van der Waals surface area contributed by atoms with Crippen LogP contribution in [0.3, 0.4) is 0 Å². The highest BCUT2D eigenvalue weighted by atomic mass is 32.1. The van der Waals surface area contributed by atoms with E-state index in [1.54, 1.807) is 41.8 Å². The van der Waals surface area contributed by atoms with E-state index in [1.165, 1.54) is 11.3 Å². The van der Waals surface area contributed by atoms with Crippen molar-refractivity contribution in [2.24, 2.45) is 5.73 Å². The Morgan fingerprint density at radius 3 is 2.45 bits per heavy atom. The standard InChI is InChI=1S/C16H15NO4S/c17-15(12(18)9-11-5-2-1-3-6-11)16(20)21-10-13(19)14-7-4-8-22-14/h1-8,15H,9-10,17H2. The third-order valence-electron chi connectivity index (χ3n) is 2.96. The summed E-state index contributed by atoms with van der Waals surface area (Å²) in [4.78, 5) is 35.8. The summed E-state index contributed by atoms with van der Waals surface area (Å²) in [7, 11) is 0. The van der Waals surface area contributed by atoms with Gasteiger partial charge in [0.2, 0.25) is 5.78 Å². The van der Waals surface area contributed by atoms with Gasteiger partial charge in [0.05, 0.1) is 4.88 Å². The molecule has 1 heterocycles. The van der Waals surface area contributed by atoms with Crippen LogP contribution in [0.1, 0.15) is 15.2 Å². The first-order valence-electron chi connectivity index (χ1n) is 6.63. The molecule has 114 valence electrons. The van der Waals surface area contributed by atoms with E-state index in [2.05, 4.69) is 0 Å². The largest absolute Gasteiger partial charge is 0.456 e. The van der Waals surface area contributed by atoms with Crippen LogP contribution in [0, 0.1) is 0 Å². The van der Waals surface area contributed by atoms with Gasteiger partial charge in [0.15, 0.2) is 18.4 Å². The molecule has 0 bridgehead atoms. The van der Waals surface area contributed by atoms with Crippen molar-refractivity contribution in [1.29, 1.82) is 0 Å². The van der Waals surface area contributed by atoms with Crippen molar-refractivity contribution >= 4 is 28.9 Å². The summed E-state index contributed by atoms with van der Waals surface area (Å²) in [6.07, 6.45) is 0.0516. The summed E-state index contributed by atoms with van der Waals surface area (Å²) in [5.41, 5.74) is 6.35. The molecule has 0 saturated carbocycles. The molecule has 2 rings (SSSR count). The topological polar surface area (TPSA) is 86.5 Å². The van der Waals surface area contributed by atoms with E-state index in [9.17, 15) is 14.4 Å². The predicted octanol–water partition coefficient (Wildman–Crippen LogP) is 1.61. The zero-order chi connectivity index (χ0) is 15.9. The van der Waals surface area contributed by atoms with Gasteiger partial charge in [-0.3, -0.25) is 9.59 Å². The lowest BCUT2D eigenvalue weighted by Crippen LogP contribution is -2.41. The van der Waals surface area contributed by atoms with Crippen LogP contribution in [-0.4, -0.2) is 30.2 Å². The molecule has 1 aromatic carbocycles. The Balaban J connectivity index is 1.84. The number of hydrogen-bond acceptors (Lipinski definition) is 6. The molecule has 0 aliphatic carbocycles. The average Bonchev–Trinajstić information content (AvgIpc) is 3.07. The van der Waals surface area contributed by atoms with E-state index in [4.69, 9.17) is 10.5 Å². The van der Waals surface area contributed by atoms with Crippen LogP contribution in [0.15, 0.2) is 47.8 Å². The lowest BCUT2D eigenvalue weighted by Gasteiger charge is -2.10. The molecule has 2 aromatic rings. The van der Waals surface area contributed by atoms with Crippen LogP contribution in [0.5, 0.6) is 0 Å². The number of Topliss-reactive ketones (excluding diaryl/α,β-unsaturated/α-hetero) is 2. The summed E-state index contributed by atoms with van der Waals surface area (Å²) in [5, 5.41) is 1.75. The van der Waals surface area contributed by atoms with E-state index in [0.717, 1.165) is 5.56 Å². The highest BCUT2D eigenvalue weighted by Gasteiger charge is 2.24. The monoisotopic (exact) mass is 317 g/mol. The summed E-state index contributed by atoms with van der Waals surface area (Å²) in [6.45, 7) is -0.411. The summed E-state index contributed by atoms with van der Waals surface area (Å²) in [6, 6.07) is 11.0. The quantitative estimate of drug-likeness (QED) is 0.476. The maximum Gasteiger partial charge on any atom is 0.331 e. The highest BCUT2D eigenvalue weighted by Crippen LogP contribution is 2.09. The van der Waals surface area contributed by atoms with Gasteiger partial charge >= 0.3 is 5.97 Å². The smallest absolute Gasteiger partial charge is 0.331 e. The molecule has 6 heteroatoms. The van der Waals surface area contributed by atoms with Gasteiger partial charge in [-0.1, -0.05) is 36.4 Å². The molecule has 0 radical (unpaired) electrons. The van der Waals surface area contributed by atoms with Gasteiger partial charge in [0.25, 0.3) is 0 Å². The van der Waals surface area contributed by atoms with Gasteiger partial charge in [-0.25, -0.2) is 4.79 Å². The van der Waals surface area contributed by atoms with Crippen LogP contribution in [-0.2, 0) is 20.7 Å². The Kier molecular flexibility index (Phi) is 5.57. The molecule has 22 heavy (non-hydrogen) atoms. The van der Waals surface area contributed by atoms with E-state index in [-0.39, 0.29) is 12.2 Å². The second kappa shape index (κ2) is 7.63. The molecule has 0 saturated heterocycles. The minimum Gasteiger partial charge on any atom is -0.456 e. The van der Waals surface area contributed by atoms with Gasteiger partial charge in [-0.2, -0.15) is 0 Å². The number of carbonyl (C=O) groups excluding carboxylic acids is 3. The molecule has 2 N–H and O–H groups in total. The van der Waals surface area contributed by atoms with Crippen molar-refractivity contribution in [2.45, 2.75) is 12.5 Å². The maximum atomic E-state index is 11.9. The molecule has 0 amide bonds. The number of carbonyl (C=O) groups is 3. The summed E-state index contributed by atoms with van der Waals surface area (Å²) in [5.74, 6) is -1.64.